The van der Waals surface area contributed by atoms with Crippen LogP contribution in [-0.2, 0) is 4.74 Å². The molecule has 0 aliphatic carbocycles. The van der Waals surface area contributed by atoms with Crippen molar-refractivity contribution in [1.82, 2.24) is 4.98 Å². The first-order valence-electron chi connectivity index (χ1n) is 6.35. The largest absolute Gasteiger partial charge is 0.453 e. The van der Waals surface area contributed by atoms with Gasteiger partial charge in [-0.3, -0.25) is 9.59 Å². The van der Waals surface area contributed by atoms with Crippen LogP contribution >= 0.6 is 11.3 Å². The molecule has 0 amide bonds. The molecule has 0 bridgehead atoms. The van der Waals surface area contributed by atoms with E-state index in [1.165, 1.54) is 30.5 Å². The van der Waals surface area contributed by atoms with Crippen LogP contribution in [0.25, 0.3) is 0 Å². The number of aryl methyl sites for hydroxylation is 2. The van der Waals surface area contributed by atoms with Crippen molar-refractivity contribution < 1.29 is 19.1 Å². The van der Waals surface area contributed by atoms with E-state index in [4.69, 9.17) is 4.74 Å². The summed E-state index contributed by atoms with van der Waals surface area (Å²) in [4.78, 5) is 39.5. The molecule has 2 aromatic heterocycles. The average molecular weight is 305 g/mol. The fourth-order valence-electron chi connectivity index (χ4n) is 1.91. The van der Waals surface area contributed by atoms with Gasteiger partial charge < -0.3 is 9.72 Å². The minimum Gasteiger partial charge on any atom is -0.453 e. The molecule has 5 nitrogen and oxygen atoms in total. The normalized spacial score (nSPS) is 10.4. The first-order valence-corrected chi connectivity index (χ1v) is 7.17. The number of aromatic amines is 1. The Bertz CT molecular complexity index is 711. The molecule has 0 aliphatic heterocycles. The third kappa shape index (κ3) is 3.46. The third-order valence-electron chi connectivity index (χ3n) is 2.99. The van der Waals surface area contributed by atoms with Crippen molar-refractivity contribution >= 4 is 28.9 Å². The van der Waals surface area contributed by atoms with Crippen molar-refractivity contribution in [3.05, 3.63) is 44.9 Å². The van der Waals surface area contributed by atoms with Gasteiger partial charge in [0.2, 0.25) is 5.78 Å². The van der Waals surface area contributed by atoms with E-state index in [1.807, 2.05) is 13.8 Å². The highest BCUT2D eigenvalue weighted by atomic mass is 32.1. The molecule has 2 heterocycles. The lowest BCUT2D eigenvalue weighted by molar-refractivity contribution is 0.0469. The number of esters is 1. The fourth-order valence-corrected chi connectivity index (χ4v) is 2.85. The van der Waals surface area contributed by atoms with Crippen LogP contribution in [0.3, 0.4) is 0 Å². The summed E-state index contributed by atoms with van der Waals surface area (Å²) in [7, 11) is 0. The first-order chi connectivity index (χ1) is 9.88. The quantitative estimate of drug-likeness (QED) is 0.680. The maximum Gasteiger partial charge on any atom is 0.355 e. The molecule has 0 spiro atoms. The molecule has 0 radical (unpaired) electrons. The summed E-state index contributed by atoms with van der Waals surface area (Å²) in [6.45, 7) is 4.87. The van der Waals surface area contributed by atoms with Gasteiger partial charge in [-0.25, -0.2) is 4.79 Å². The molecule has 2 aromatic rings. The van der Waals surface area contributed by atoms with Gasteiger partial charge in [-0.2, -0.15) is 0 Å². The highest BCUT2D eigenvalue weighted by molar-refractivity contribution is 7.12. The summed E-state index contributed by atoms with van der Waals surface area (Å²) in [5.74, 6) is -1.03. The number of ether oxygens (including phenoxy) is 1. The van der Waals surface area contributed by atoms with Gasteiger partial charge in [-0.15, -0.1) is 11.3 Å². The Balaban J connectivity index is 1.99. The van der Waals surface area contributed by atoms with Crippen molar-refractivity contribution in [2.75, 3.05) is 6.61 Å². The molecule has 0 fully saturated rings. The van der Waals surface area contributed by atoms with Crippen molar-refractivity contribution in [2.45, 2.75) is 20.8 Å². The lowest BCUT2D eigenvalue weighted by Crippen LogP contribution is -2.14. The molecular formula is C15H15NO4S. The topological polar surface area (TPSA) is 76.2 Å². The van der Waals surface area contributed by atoms with Crippen LogP contribution in [0.5, 0.6) is 0 Å². The molecule has 6 heteroatoms. The zero-order valence-electron chi connectivity index (χ0n) is 12.0. The summed E-state index contributed by atoms with van der Waals surface area (Å²) in [6.07, 6.45) is 1.44. The van der Waals surface area contributed by atoms with E-state index in [2.05, 4.69) is 4.98 Å². The van der Waals surface area contributed by atoms with Gasteiger partial charge in [-0.05, 0) is 32.9 Å². The van der Waals surface area contributed by atoms with Crippen molar-refractivity contribution in [2.24, 2.45) is 0 Å². The van der Waals surface area contributed by atoms with E-state index in [1.54, 1.807) is 6.07 Å². The molecule has 1 N–H and O–H groups in total. The Morgan fingerprint density at radius 3 is 2.48 bits per heavy atom. The van der Waals surface area contributed by atoms with Crippen LogP contribution in [-0.4, -0.2) is 29.1 Å². The number of ketones is 2. The van der Waals surface area contributed by atoms with Crippen LogP contribution < -0.4 is 0 Å². The number of aromatic nitrogens is 1. The zero-order valence-corrected chi connectivity index (χ0v) is 12.8. The molecular weight excluding hydrogens is 290 g/mol. The molecule has 0 saturated carbocycles. The fraction of sp³-hybridized carbons (Fsp3) is 0.267. The number of H-pyrrole nitrogens is 1. The van der Waals surface area contributed by atoms with Crippen LogP contribution in [0.15, 0.2) is 18.3 Å². The number of thiophene rings is 1. The summed E-state index contributed by atoms with van der Waals surface area (Å²) in [5, 5.41) is 0. The molecule has 0 saturated heterocycles. The Labute approximate surface area is 125 Å². The Hall–Kier alpha value is -2.21. The maximum atomic E-state index is 12.0. The van der Waals surface area contributed by atoms with Crippen LogP contribution in [0, 0.1) is 13.8 Å². The van der Waals surface area contributed by atoms with Crippen LogP contribution in [0.1, 0.15) is 47.9 Å². The SMILES string of the molecule is CC(=O)c1c[nH]c(C(=O)OCC(=O)c2cc(C)sc2C)c1. The van der Waals surface area contributed by atoms with Crippen LogP contribution in [0.2, 0.25) is 0 Å². The van der Waals surface area contributed by atoms with Gasteiger partial charge >= 0.3 is 5.97 Å². The maximum absolute atomic E-state index is 12.0. The molecule has 0 aliphatic rings. The molecule has 110 valence electrons. The summed E-state index contributed by atoms with van der Waals surface area (Å²) < 4.78 is 4.98. The number of Topliss-reactive ketones (excluding diaryl/α,β-unsaturated/α-hetero) is 2. The predicted octanol–water partition coefficient (Wildman–Crippen LogP) is 2.94. The van der Waals surface area contributed by atoms with E-state index >= 15 is 0 Å². The Kier molecular flexibility index (Phi) is 4.37. The Morgan fingerprint density at radius 2 is 1.95 bits per heavy atom. The van der Waals surface area contributed by atoms with Gasteiger partial charge in [0.15, 0.2) is 12.4 Å². The summed E-state index contributed by atoms with van der Waals surface area (Å²) in [5.41, 5.74) is 1.14. The highest BCUT2D eigenvalue weighted by Crippen LogP contribution is 2.21. The number of carbonyl (C=O) groups excluding carboxylic acids is 3. The minimum absolute atomic E-state index is 0.147. The second-order valence-corrected chi connectivity index (χ2v) is 6.14. The molecule has 0 aromatic carbocycles. The van der Waals surface area contributed by atoms with Gasteiger partial charge in [0.1, 0.15) is 5.69 Å². The van der Waals surface area contributed by atoms with Crippen molar-refractivity contribution in [3.63, 3.8) is 0 Å². The first kappa shape index (κ1) is 15.2. The third-order valence-corrected chi connectivity index (χ3v) is 3.95. The molecule has 0 atom stereocenters. The van der Waals surface area contributed by atoms with E-state index in [0.717, 1.165) is 9.75 Å². The molecule has 21 heavy (non-hydrogen) atoms. The average Bonchev–Trinajstić information content (AvgIpc) is 3.02. The lowest BCUT2D eigenvalue weighted by atomic mass is 10.2. The predicted molar refractivity (Wildman–Crippen MR) is 79.2 cm³/mol. The second-order valence-electron chi connectivity index (χ2n) is 4.68. The van der Waals surface area contributed by atoms with Gasteiger partial charge in [0.05, 0.1) is 0 Å². The van der Waals surface area contributed by atoms with Gasteiger partial charge in [-0.1, -0.05) is 0 Å². The number of carbonyl (C=O) groups is 3. The monoisotopic (exact) mass is 305 g/mol. The smallest absolute Gasteiger partial charge is 0.355 e. The standard InChI is InChI=1S/C15H15NO4S/c1-8-4-12(10(3)21-8)14(18)7-20-15(19)13-5-11(6-16-13)9(2)17/h4-6,16H,7H2,1-3H3. The zero-order chi connectivity index (χ0) is 15.6. The van der Waals surface area contributed by atoms with Gasteiger partial charge in [0, 0.05) is 27.1 Å². The van der Waals surface area contributed by atoms with E-state index in [9.17, 15) is 14.4 Å². The summed E-state index contributed by atoms with van der Waals surface area (Å²) in [6, 6.07) is 3.20. The van der Waals surface area contributed by atoms with E-state index in [0.29, 0.717) is 11.1 Å². The number of nitrogens with one attached hydrogen (secondary N) is 1. The van der Waals surface area contributed by atoms with Crippen molar-refractivity contribution in [1.29, 1.82) is 0 Å². The highest BCUT2D eigenvalue weighted by Gasteiger charge is 2.16. The lowest BCUT2D eigenvalue weighted by Gasteiger charge is -2.02. The molecule has 0 unspecified atom stereocenters. The number of rotatable bonds is 5. The van der Waals surface area contributed by atoms with Crippen LogP contribution in [0.4, 0.5) is 0 Å². The summed E-state index contributed by atoms with van der Waals surface area (Å²) >= 11 is 1.53. The molecule has 2 rings (SSSR count). The second kappa shape index (κ2) is 6.05. The van der Waals surface area contributed by atoms with E-state index in [-0.39, 0.29) is 23.9 Å². The minimum atomic E-state index is -0.652. The Morgan fingerprint density at radius 1 is 1.24 bits per heavy atom. The number of hydrogen-bond donors (Lipinski definition) is 1. The van der Waals surface area contributed by atoms with Gasteiger partial charge in [0.25, 0.3) is 0 Å². The van der Waals surface area contributed by atoms with E-state index < -0.39 is 5.97 Å². The van der Waals surface area contributed by atoms with Crippen molar-refractivity contribution in [3.8, 4) is 0 Å². The number of hydrogen-bond acceptors (Lipinski definition) is 5.